The Morgan fingerprint density at radius 1 is 0.778 bits per heavy atom. The van der Waals surface area contributed by atoms with E-state index >= 15 is 0 Å². The van der Waals surface area contributed by atoms with Crippen LogP contribution in [0.4, 0.5) is 0 Å². The van der Waals surface area contributed by atoms with E-state index in [2.05, 4.69) is 22.9 Å². The highest BCUT2D eigenvalue weighted by Gasteiger charge is 2.18. The molecular formula is C15H12N2O. The molecule has 0 saturated heterocycles. The van der Waals surface area contributed by atoms with E-state index in [1.807, 2.05) is 35.0 Å². The third-order valence-electron chi connectivity index (χ3n) is 3.70. The Morgan fingerprint density at radius 3 is 2.17 bits per heavy atom. The van der Waals surface area contributed by atoms with Crippen LogP contribution >= 0.6 is 0 Å². The largest absolute Gasteiger partial charge is 0.277 e. The molecule has 88 valence electrons. The summed E-state index contributed by atoms with van der Waals surface area (Å²) in [5.74, 6) is 0. The number of hydrogen-bond donors (Lipinski definition) is 0. The number of aromatic nitrogens is 2. The molecule has 3 nitrogen and oxygen atoms in total. The Morgan fingerprint density at radius 2 is 1.39 bits per heavy atom. The molecule has 2 heterocycles. The fraction of sp³-hybridized carbons (Fsp3) is 0.133. The molecule has 0 atom stereocenters. The van der Waals surface area contributed by atoms with Crippen LogP contribution in [0.25, 0.3) is 10.9 Å². The van der Waals surface area contributed by atoms with E-state index in [1.54, 1.807) is 0 Å². The second-order valence-corrected chi connectivity index (χ2v) is 4.71. The molecule has 0 unspecified atom stereocenters. The van der Waals surface area contributed by atoms with Gasteiger partial charge in [-0.3, -0.25) is 9.48 Å². The first-order chi connectivity index (χ1) is 8.84. The van der Waals surface area contributed by atoms with Gasteiger partial charge in [-0.05, 0) is 23.3 Å². The van der Waals surface area contributed by atoms with Gasteiger partial charge in [0.25, 0.3) is 5.56 Å². The van der Waals surface area contributed by atoms with Crippen LogP contribution in [0.5, 0.6) is 0 Å². The first-order valence-corrected chi connectivity index (χ1v) is 6.10. The third-order valence-corrected chi connectivity index (χ3v) is 3.70. The summed E-state index contributed by atoms with van der Waals surface area (Å²) in [6.07, 6.45) is 0. The van der Waals surface area contributed by atoms with Crippen LogP contribution in [0.3, 0.4) is 0 Å². The summed E-state index contributed by atoms with van der Waals surface area (Å²) in [6.45, 7) is 1.45. The highest BCUT2D eigenvalue weighted by atomic mass is 16.1. The average Bonchev–Trinajstić information content (AvgIpc) is 2.71. The molecule has 0 saturated carbocycles. The lowest BCUT2D eigenvalue weighted by molar-refractivity contribution is 0.485. The van der Waals surface area contributed by atoms with Gasteiger partial charge < -0.3 is 0 Å². The van der Waals surface area contributed by atoms with Crippen LogP contribution in [0.1, 0.15) is 11.1 Å². The molecule has 4 rings (SSSR count). The summed E-state index contributed by atoms with van der Waals surface area (Å²) in [6, 6.07) is 16.1. The van der Waals surface area contributed by atoms with Gasteiger partial charge >= 0.3 is 0 Å². The van der Waals surface area contributed by atoms with Crippen molar-refractivity contribution >= 4 is 10.9 Å². The van der Waals surface area contributed by atoms with Crippen molar-refractivity contribution in [2.75, 3.05) is 0 Å². The molecule has 0 bridgehead atoms. The van der Waals surface area contributed by atoms with Crippen LogP contribution < -0.4 is 5.56 Å². The highest BCUT2D eigenvalue weighted by Crippen LogP contribution is 2.21. The minimum atomic E-state index is 0.111. The number of fused-ring (bicyclic) bond motifs is 4. The fourth-order valence-electron chi connectivity index (χ4n) is 2.77. The zero-order valence-corrected chi connectivity index (χ0v) is 9.84. The third kappa shape index (κ3) is 1.16. The fourth-order valence-corrected chi connectivity index (χ4v) is 2.77. The smallest absolute Gasteiger partial charge is 0.274 e. The zero-order chi connectivity index (χ0) is 12.1. The summed E-state index contributed by atoms with van der Waals surface area (Å²) in [5.41, 5.74) is 3.69. The average molecular weight is 236 g/mol. The van der Waals surface area contributed by atoms with E-state index in [0.717, 1.165) is 17.4 Å². The Kier molecular flexibility index (Phi) is 1.81. The summed E-state index contributed by atoms with van der Waals surface area (Å²) >= 11 is 0. The topological polar surface area (TPSA) is 26.9 Å². The maximum atomic E-state index is 12.3. The van der Waals surface area contributed by atoms with Gasteiger partial charge in [-0.15, -0.1) is 0 Å². The number of rotatable bonds is 0. The van der Waals surface area contributed by atoms with Crippen LogP contribution in [0, 0.1) is 0 Å². The van der Waals surface area contributed by atoms with Gasteiger partial charge in [0.1, 0.15) is 0 Å². The molecule has 3 aromatic rings. The van der Waals surface area contributed by atoms with Crippen molar-refractivity contribution in [3.05, 3.63) is 70.0 Å². The molecule has 0 aliphatic carbocycles. The van der Waals surface area contributed by atoms with Crippen molar-refractivity contribution in [1.29, 1.82) is 0 Å². The second kappa shape index (κ2) is 3.35. The highest BCUT2D eigenvalue weighted by molar-refractivity contribution is 5.78. The van der Waals surface area contributed by atoms with Crippen LogP contribution in [-0.2, 0) is 13.1 Å². The summed E-state index contributed by atoms with van der Waals surface area (Å²) in [7, 11) is 0. The lowest BCUT2D eigenvalue weighted by Gasteiger charge is -2.21. The molecular weight excluding hydrogens is 224 g/mol. The van der Waals surface area contributed by atoms with E-state index < -0.39 is 0 Å². The van der Waals surface area contributed by atoms with Gasteiger partial charge in [-0.25, -0.2) is 4.68 Å². The predicted octanol–water partition coefficient (Wildman–Crippen LogP) is 2.21. The molecule has 1 aromatic heterocycles. The molecule has 0 N–H and O–H groups in total. The molecule has 0 fully saturated rings. The van der Waals surface area contributed by atoms with Crippen molar-refractivity contribution in [3.8, 4) is 0 Å². The molecule has 1 aliphatic rings. The Bertz CT molecular complexity index is 811. The van der Waals surface area contributed by atoms with Gasteiger partial charge in [-0.2, -0.15) is 0 Å². The van der Waals surface area contributed by atoms with E-state index in [1.165, 1.54) is 11.1 Å². The minimum absolute atomic E-state index is 0.111. The van der Waals surface area contributed by atoms with Crippen molar-refractivity contribution < 1.29 is 0 Å². The summed E-state index contributed by atoms with van der Waals surface area (Å²) < 4.78 is 3.92. The van der Waals surface area contributed by atoms with Crippen LogP contribution in [0.2, 0.25) is 0 Å². The van der Waals surface area contributed by atoms with Gasteiger partial charge in [0.15, 0.2) is 0 Å². The molecule has 0 radical (unpaired) electrons. The quantitative estimate of drug-likeness (QED) is 0.460. The Hall–Kier alpha value is -2.29. The van der Waals surface area contributed by atoms with Crippen LogP contribution in [-0.4, -0.2) is 9.36 Å². The van der Waals surface area contributed by atoms with Gasteiger partial charge in [0.05, 0.1) is 24.0 Å². The maximum Gasteiger partial charge on any atom is 0.274 e. The van der Waals surface area contributed by atoms with Crippen molar-refractivity contribution in [2.24, 2.45) is 0 Å². The first-order valence-electron chi connectivity index (χ1n) is 6.10. The molecule has 1 aliphatic heterocycles. The van der Waals surface area contributed by atoms with Crippen molar-refractivity contribution in [2.45, 2.75) is 13.1 Å². The minimum Gasteiger partial charge on any atom is -0.277 e. The normalized spacial score (nSPS) is 13.3. The monoisotopic (exact) mass is 236 g/mol. The lowest BCUT2D eigenvalue weighted by Crippen LogP contribution is -2.28. The molecule has 0 amide bonds. The number of para-hydroxylation sites is 1. The van der Waals surface area contributed by atoms with Crippen molar-refractivity contribution in [1.82, 2.24) is 9.36 Å². The van der Waals surface area contributed by atoms with Crippen LogP contribution in [0.15, 0.2) is 53.3 Å². The molecule has 3 heteroatoms. The van der Waals surface area contributed by atoms with Crippen molar-refractivity contribution in [3.63, 3.8) is 0 Å². The summed E-state index contributed by atoms with van der Waals surface area (Å²) in [4.78, 5) is 12.3. The van der Waals surface area contributed by atoms with Gasteiger partial charge in [0.2, 0.25) is 0 Å². The number of nitrogens with zero attached hydrogens (tertiary/aromatic N) is 2. The number of benzene rings is 2. The zero-order valence-electron chi connectivity index (χ0n) is 9.84. The van der Waals surface area contributed by atoms with E-state index in [4.69, 9.17) is 0 Å². The molecule has 0 spiro atoms. The van der Waals surface area contributed by atoms with Gasteiger partial charge in [-0.1, -0.05) is 36.4 Å². The van der Waals surface area contributed by atoms with E-state index in [-0.39, 0.29) is 5.56 Å². The SMILES string of the molecule is O=c1c2ccccc2n2n1Cc1ccccc1C2. The molecule has 18 heavy (non-hydrogen) atoms. The Balaban J connectivity index is 2.05. The first kappa shape index (κ1) is 9.71. The summed E-state index contributed by atoms with van der Waals surface area (Å²) in [5, 5.41) is 0.810. The predicted molar refractivity (Wildman–Crippen MR) is 70.8 cm³/mol. The van der Waals surface area contributed by atoms with E-state index in [9.17, 15) is 4.79 Å². The Labute approximate surface area is 104 Å². The molecule has 2 aromatic carbocycles. The lowest BCUT2D eigenvalue weighted by atomic mass is 10.1. The number of hydrogen-bond acceptors (Lipinski definition) is 1. The van der Waals surface area contributed by atoms with Gasteiger partial charge in [0, 0.05) is 0 Å². The second-order valence-electron chi connectivity index (χ2n) is 4.71. The maximum absolute atomic E-state index is 12.3. The van der Waals surface area contributed by atoms with E-state index in [0.29, 0.717) is 6.54 Å². The standard InChI is InChI=1S/C15H12N2O/c18-15-13-7-3-4-8-14(13)16-9-11-5-1-2-6-12(11)10-17(15)16/h1-8H,9-10H2.